The van der Waals surface area contributed by atoms with Gasteiger partial charge in [-0.05, 0) is 86.6 Å². The molecule has 4 aliphatic carbocycles. The lowest BCUT2D eigenvalue weighted by Gasteiger charge is -2.58. The third kappa shape index (κ3) is 6.14. The number of hydrogen-bond acceptors (Lipinski definition) is 6. The van der Waals surface area contributed by atoms with Gasteiger partial charge in [0.1, 0.15) is 17.3 Å². The Morgan fingerprint density at radius 2 is 1.77 bits per heavy atom. The van der Waals surface area contributed by atoms with Gasteiger partial charge in [-0.3, -0.25) is 24.2 Å². The van der Waals surface area contributed by atoms with Crippen LogP contribution >= 0.6 is 0 Å². The second kappa shape index (κ2) is 12.7. The third-order valence-corrected chi connectivity index (χ3v) is 11.4. The van der Waals surface area contributed by atoms with E-state index in [1.807, 2.05) is 0 Å². The van der Waals surface area contributed by atoms with Crippen molar-refractivity contribution in [1.29, 1.82) is 0 Å². The molecule has 0 aromatic rings. The highest BCUT2D eigenvalue weighted by atomic mass is 16.2. The lowest BCUT2D eigenvalue weighted by Crippen LogP contribution is -2.60. The average Bonchev–Trinajstić information content (AvgIpc) is 3.26. The van der Waals surface area contributed by atoms with Gasteiger partial charge in [-0.1, -0.05) is 20.8 Å². The van der Waals surface area contributed by atoms with Gasteiger partial charge in [-0.2, -0.15) is 0 Å². The smallest absolute Gasteiger partial charge is 0.220 e. The quantitative estimate of drug-likeness (QED) is 0.163. The van der Waals surface area contributed by atoms with Crippen LogP contribution in [0.4, 0.5) is 0 Å². The molecule has 0 aliphatic heterocycles. The molecule has 4 aliphatic rings. The number of carbonyl (C=O) groups is 4. The predicted molar refractivity (Wildman–Crippen MR) is 155 cm³/mol. The Bertz CT molecular complexity index is 1010. The molecule has 8 atom stereocenters. The fourth-order valence-corrected chi connectivity index (χ4v) is 9.02. The van der Waals surface area contributed by atoms with Crippen LogP contribution in [-0.2, 0) is 19.2 Å². The van der Waals surface area contributed by atoms with Crippen molar-refractivity contribution in [1.82, 2.24) is 10.6 Å². The summed E-state index contributed by atoms with van der Waals surface area (Å²) in [6.45, 7) is 9.45. The Kier molecular flexibility index (Phi) is 9.74. The summed E-state index contributed by atoms with van der Waals surface area (Å²) in [7, 11) is 0. The maximum absolute atomic E-state index is 13.9. The molecule has 0 aromatic carbocycles. The zero-order valence-electron chi connectivity index (χ0n) is 24.8. The zero-order valence-corrected chi connectivity index (χ0v) is 24.8. The van der Waals surface area contributed by atoms with Gasteiger partial charge >= 0.3 is 0 Å². The minimum absolute atomic E-state index is 0.0576. The molecule has 0 heterocycles. The molecule has 0 bridgehead atoms. The number of nitrogens with zero attached hydrogens (tertiary/aromatic N) is 1. The van der Waals surface area contributed by atoms with Crippen LogP contribution in [0.15, 0.2) is 4.99 Å². The molecule has 0 saturated heterocycles. The van der Waals surface area contributed by atoms with Gasteiger partial charge < -0.3 is 22.1 Å². The van der Waals surface area contributed by atoms with Crippen molar-refractivity contribution >= 4 is 29.2 Å². The molecule has 4 rings (SSSR count). The Hall–Kier alpha value is -2.29. The van der Waals surface area contributed by atoms with Gasteiger partial charge in [0.05, 0.1) is 0 Å². The van der Waals surface area contributed by atoms with Gasteiger partial charge in [0, 0.05) is 56.5 Å². The van der Waals surface area contributed by atoms with Crippen LogP contribution in [0.3, 0.4) is 0 Å². The Morgan fingerprint density at radius 1 is 1.02 bits per heavy atom. The van der Waals surface area contributed by atoms with E-state index in [0.717, 1.165) is 51.6 Å². The van der Waals surface area contributed by atoms with Crippen LogP contribution in [0, 0.1) is 46.3 Å². The highest BCUT2D eigenvalue weighted by Crippen LogP contribution is 2.66. The summed E-state index contributed by atoms with van der Waals surface area (Å²) >= 11 is 0. The van der Waals surface area contributed by atoms with Crippen molar-refractivity contribution in [3.63, 3.8) is 0 Å². The minimum Gasteiger partial charge on any atom is -0.370 e. The Morgan fingerprint density at radius 3 is 2.52 bits per heavy atom. The van der Waals surface area contributed by atoms with E-state index in [0.29, 0.717) is 56.8 Å². The molecule has 0 aromatic heterocycles. The number of guanidine groups is 1. The maximum Gasteiger partial charge on any atom is 0.220 e. The van der Waals surface area contributed by atoms with Gasteiger partial charge in [-0.25, -0.2) is 0 Å². The number of rotatable bonds is 12. The molecule has 9 nitrogen and oxygen atoms in total. The van der Waals surface area contributed by atoms with Crippen molar-refractivity contribution in [2.75, 3.05) is 26.2 Å². The Labute approximate surface area is 239 Å². The summed E-state index contributed by atoms with van der Waals surface area (Å²) in [5.74, 6) is 1.70. The molecule has 9 heteroatoms. The number of fused-ring (bicyclic) bond motifs is 5. The van der Waals surface area contributed by atoms with Crippen molar-refractivity contribution in [2.24, 2.45) is 62.8 Å². The standard InChI is InChI=1S/C31H51N5O4/c1-19(6-9-27(40)35-14-4-12-34-13-5-15-36-29(32)33)22-7-8-23-28-24(18-26(39)31(22,23)3)30(2)11-10-21(37)16-20(30)17-25(28)38/h19-20,22-24,28,34H,4-18H2,1-3H3,(H,35,40)(H4,32,33,36)/t19-,20+,22-,23+,24+,28+,30+,31-/m1/s1. The number of aliphatic imine (C=N–C) groups is 1. The number of carbonyl (C=O) groups excluding carboxylic acids is 4. The molecule has 0 radical (unpaired) electrons. The summed E-state index contributed by atoms with van der Waals surface area (Å²) in [4.78, 5) is 56.2. The number of Topliss-reactive ketones (excluding diaryl/α,β-unsaturated/α-hetero) is 3. The first kappa shape index (κ1) is 30.7. The number of nitrogens with two attached hydrogens (primary N) is 2. The average molecular weight is 558 g/mol. The molecule has 40 heavy (non-hydrogen) atoms. The normalized spacial score (nSPS) is 35.9. The van der Waals surface area contributed by atoms with Crippen molar-refractivity contribution < 1.29 is 19.2 Å². The number of nitrogens with one attached hydrogen (secondary N) is 2. The van der Waals surface area contributed by atoms with Gasteiger partial charge in [0.2, 0.25) is 5.91 Å². The number of ketones is 3. The van der Waals surface area contributed by atoms with E-state index < -0.39 is 5.41 Å². The summed E-state index contributed by atoms with van der Waals surface area (Å²) in [5.41, 5.74) is 10.0. The molecular weight excluding hydrogens is 506 g/mol. The van der Waals surface area contributed by atoms with Crippen LogP contribution in [-0.4, -0.2) is 55.4 Å². The fraction of sp³-hybridized carbons (Fsp3) is 0.839. The van der Waals surface area contributed by atoms with Gasteiger partial charge in [0.15, 0.2) is 5.96 Å². The second-order valence-corrected chi connectivity index (χ2v) is 13.6. The molecule has 4 fully saturated rings. The summed E-state index contributed by atoms with van der Waals surface area (Å²) in [6.07, 6.45) is 7.64. The van der Waals surface area contributed by atoms with Crippen LogP contribution < -0.4 is 22.1 Å². The summed E-state index contributed by atoms with van der Waals surface area (Å²) < 4.78 is 0. The first-order chi connectivity index (χ1) is 19.0. The highest BCUT2D eigenvalue weighted by molar-refractivity contribution is 5.93. The van der Waals surface area contributed by atoms with Gasteiger partial charge in [0.25, 0.3) is 0 Å². The lowest BCUT2D eigenvalue weighted by molar-refractivity contribution is -0.166. The second-order valence-electron chi connectivity index (χ2n) is 13.6. The SMILES string of the molecule is C[C@H](CCC(=O)NCCCNCCCN=C(N)N)[C@H]1CC[C@H]2[C@@H]3C(=O)C[C@@H]4CC(=O)CC[C@]4(C)[C@H]3CC(=O)[C@]12C. The van der Waals surface area contributed by atoms with Crippen LogP contribution in [0.25, 0.3) is 0 Å². The van der Waals surface area contributed by atoms with Crippen molar-refractivity contribution in [3.8, 4) is 0 Å². The predicted octanol–water partition coefficient (Wildman–Crippen LogP) is 2.75. The first-order valence-corrected chi connectivity index (χ1v) is 15.6. The number of hydrogen-bond donors (Lipinski definition) is 4. The minimum atomic E-state index is -0.493. The van der Waals surface area contributed by atoms with Crippen LogP contribution in [0.1, 0.15) is 91.4 Å². The van der Waals surface area contributed by atoms with Crippen LogP contribution in [0.5, 0.6) is 0 Å². The highest BCUT2D eigenvalue weighted by Gasteiger charge is 2.66. The summed E-state index contributed by atoms with van der Waals surface area (Å²) in [6, 6.07) is 0. The van der Waals surface area contributed by atoms with E-state index in [1.54, 1.807) is 0 Å². The maximum atomic E-state index is 13.9. The van der Waals surface area contributed by atoms with Crippen molar-refractivity contribution in [3.05, 3.63) is 0 Å². The lowest BCUT2D eigenvalue weighted by atomic mass is 9.44. The van der Waals surface area contributed by atoms with Crippen LogP contribution in [0.2, 0.25) is 0 Å². The monoisotopic (exact) mass is 557 g/mol. The molecule has 4 saturated carbocycles. The molecule has 1 amide bonds. The van der Waals surface area contributed by atoms with Gasteiger partial charge in [-0.15, -0.1) is 0 Å². The fourth-order valence-electron chi connectivity index (χ4n) is 9.02. The van der Waals surface area contributed by atoms with E-state index in [9.17, 15) is 19.2 Å². The zero-order chi connectivity index (χ0) is 29.1. The number of amides is 1. The van der Waals surface area contributed by atoms with E-state index in [2.05, 4.69) is 36.4 Å². The van der Waals surface area contributed by atoms with E-state index in [-0.39, 0.29) is 58.6 Å². The topological polar surface area (TPSA) is 157 Å². The first-order valence-electron chi connectivity index (χ1n) is 15.6. The molecule has 6 N–H and O–H groups in total. The molecular formula is C31H51N5O4. The molecule has 224 valence electrons. The van der Waals surface area contributed by atoms with E-state index in [4.69, 9.17) is 11.5 Å². The van der Waals surface area contributed by atoms with Crippen molar-refractivity contribution in [2.45, 2.75) is 91.4 Å². The third-order valence-electron chi connectivity index (χ3n) is 11.4. The van der Waals surface area contributed by atoms with E-state index in [1.165, 1.54) is 0 Å². The molecule has 0 spiro atoms. The summed E-state index contributed by atoms with van der Waals surface area (Å²) in [5, 5.41) is 6.35. The largest absolute Gasteiger partial charge is 0.370 e. The molecule has 0 unspecified atom stereocenters. The Balaban J connectivity index is 1.26. The van der Waals surface area contributed by atoms with E-state index >= 15 is 0 Å².